The summed E-state index contributed by atoms with van der Waals surface area (Å²) < 4.78 is 0. The van der Waals surface area contributed by atoms with E-state index in [1.54, 1.807) is 0 Å². The van der Waals surface area contributed by atoms with Crippen LogP contribution in [0.5, 0.6) is 0 Å². The maximum absolute atomic E-state index is 6.33. The fourth-order valence-electron chi connectivity index (χ4n) is 2.37. The van der Waals surface area contributed by atoms with Gasteiger partial charge >= 0.3 is 0 Å². The van der Waals surface area contributed by atoms with Gasteiger partial charge in [0.15, 0.2) is 0 Å². The minimum Gasteiger partial charge on any atom is -0.327 e. The van der Waals surface area contributed by atoms with Gasteiger partial charge in [0.25, 0.3) is 0 Å². The van der Waals surface area contributed by atoms with Crippen LogP contribution in [-0.2, 0) is 6.42 Å². The minimum atomic E-state index is 0.274. The second-order valence-corrected chi connectivity index (χ2v) is 5.27. The molecular weight excluding hydrogens is 230 g/mol. The number of hydrogen-bond acceptors (Lipinski definition) is 1. The largest absolute Gasteiger partial charge is 0.327 e. The van der Waals surface area contributed by atoms with Crippen LogP contribution in [0.15, 0.2) is 24.3 Å². The van der Waals surface area contributed by atoms with E-state index in [1.165, 1.54) is 31.2 Å². The van der Waals surface area contributed by atoms with E-state index < -0.39 is 0 Å². The lowest BCUT2D eigenvalue weighted by Crippen LogP contribution is -2.32. The third-order valence-corrected chi connectivity index (χ3v) is 3.56. The fourth-order valence-corrected chi connectivity index (χ4v) is 2.50. The van der Waals surface area contributed by atoms with Crippen molar-refractivity contribution in [1.29, 1.82) is 0 Å². The van der Waals surface area contributed by atoms with Crippen LogP contribution in [0.3, 0.4) is 0 Å². The Morgan fingerprint density at radius 1 is 1.06 bits per heavy atom. The Morgan fingerprint density at radius 3 is 2.06 bits per heavy atom. The molecule has 1 nitrogen and oxygen atoms in total. The summed E-state index contributed by atoms with van der Waals surface area (Å²) in [4.78, 5) is 0. The first kappa shape index (κ1) is 14.5. The number of hydrogen-bond donors (Lipinski definition) is 1. The summed E-state index contributed by atoms with van der Waals surface area (Å²) in [6.45, 7) is 4.47. The molecule has 1 aromatic carbocycles. The molecule has 17 heavy (non-hydrogen) atoms. The van der Waals surface area contributed by atoms with Crippen LogP contribution < -0.4 is 5.73 Å². The van der Waals surface area contributed by atoms with E-state index >= 15 is 0 Å². The van der Waals surface area contributed by atoms with E-state index in [0.29, 0.717) is 5.92 Å². The highest BCUT2D eigenvalue weighted by molar-refractivity contribution is 6.30. The van der Waals surface area contributed by atoms with Crippen molar-refractivity contribution in [2.45, 2.75) is 52.0 Å². The lowest BCUT2D eigenvalue weighted by molar-refractivity contribution is 0.360. The molecule has 1 rings (SSSR count). The molecule has 96 valence electrons. The highest BCUT2D eigenvalue weighted by Crippen LogP contribution is 2.20. The van der Waals surface area contributed by atoms with Crippen molar-refractivity contribution >= 4 is 11.6 Å². The van der Waals surface area contributed by atoms with Crippen LogP contribution in [-0.4, -0.2) is 6.04 Å². The Bertz CT molecular complexity index is 301. The molecule has 2 heteroatoms. The zero-order valence-corrected chi connectivity index (χ0v) is 11.7. The van der Waals surface area contributed by atoms with Crippen molar-refractivity contribution in [3.05, 3.63) is 34.9 Å². The van der Waals surface area contributed by atoms with Gasteiger partial charge in [-0.1, -0.05) is 50.4 Å². The molecule has 0 aliphatic carbocycles. The maximum Gasteiger partial charge on any atom is 0.0406 e. The Hall–Kier alpha value is -0.530. The lowest BCUT2D eigenvalue weighted by Gasteiger charge is -2.23. The van der Waals surface area contributed by atoms with Crippen LogP contribution in [0.4, 0.5) is 0 Å². The van der Waals surface area contributed by atoms with Crippen LogP contribution >= 0.6 is 11.6 Å². The minimum absolute atomic E-state index is 0.274. The molecule has 0 saturated carbocycles. The topological polar surface area (TPSA) is 26.0 Å². The molecule has 1 unspecified atom stereocenters. The summed E-state index contributed by atoms with van der Waals surface area (Å²) in [6.07, 6.45) is 5.88. The van der Waals surface area contributed by atoms with E-state index in [2.05, 4.69) is 26.0 Å². The zero-order chi connectivity index (χ0) is 12.7. The molecule has 0 heterocycles. The zero-order valence-electron chi connectivity index (χ0n) is 11.0. The monoisotopic (exact) mass is 253 g/mol. The van der Waals surface area contributed by atoms with Gasteiger partial charge in [0.05, 0.1) is 0 Å². The average Bonchev–Trinajstić information content (AvgIpc) is 2.32. The van der Waals surface area contributed by atoms with Gasteiger partial charge in [-0.05, 0) is 42.9 Å². The first-order valence-electron chi connectivity index (χ1n) is 6.67. The van der Waals surface area contributed by atoms with Crippen molar-refractivity contribution in [3.8, 4) is 0 Å². The first-order valence-corrected chi connectivity index (χ1v) is 7.05. The standard InChI is InChI=1S/C15H24ClN/c1-3-5-13(6-4-2)15(17)11-12-7-9-14(16)10-8-12/h7-10,13,15H,3-6,11,17H2,1-2H3. The number of halogens is 1. The van der Waals surface area contributed by atoms with Crippen molar-refractivity contribution in [1.82, 2.24) is 0 Å². The molecule has 0 radical (unpaired) electrons. The van der Waals surface area contributed by atoms with Crippen LogP contribution in [0.1, 0.15) is 45.1 Å². The maximum atomic E-state index is 6.33. The van der Waals surface area contributed by atoms with Crippen molar-refractivity contribution in [3.63, 3.8) is 0 Å². The molecule has 0 fully saturated rings. The molecule has 0 spiro atoms. The Balaban J connectivity index is 2.55. The molecular formula is C15H24ClN. The molecule has 1 atom stereocenters. The van der Waals surface area contributed by atoms with E-state index in [1.807, 2.05) is 12.1 Å². The van der Waals surface area contributed by atoms with Crippen molar-refractivity contribution in [2.24, 2.45) is 11.7 Å². The molecule has 0 aromatic heterocycles. The van der Waals surface area contributed by atoms with Crippen LogP contribution in [0, 0.1) is 5.92 Å². The Kier molecular flexibility index (Phi) is 6.61. The third-order valence-electron chi connectivity index (χ3n) is 3.31. The summed E-state index contributed by atoms with van der Waals surface area (Å²) in [5.74, 6) is 0.653. The van der Waals surface area contributed by atoms with E-state index in [9.17, 15) is 0 Å². The van der Waals surface area contributed by atoms with Gasteiger partial charge < -0.3 is 5.73 Å². The lowest BCUT2D eigenvalue weighted by atomic mass is 9.87. The predicted molar refractivity (Wildman–Crippen MR) is 76.4 cm³/mol. The quantitative estimate of drug-likeness (QED) is 0.765. The van der Waals surface area contributed by atoms with Gasteiger partial charge in [0.2, 0.25) is 0 Å². The number of benzene rings is 1. The third kappa shape index (κ3) is 5.10. The Labute approximate surface area is 110 Å². The number of rotatable bonds is 7. The molecule has 0 aliphatic heterocycles. The molecule has 0 bridgehead atoms. The number of nitrogens with two attached hydrogens (primary N) is 1. The van der Waals surface area contributed by atoms with Gasteiger partial charge in [-0.2, -0.15) is 0 Å². The average molecular weight is 254 g/mol. The van der Waals surface area contributed by atoms with E-state index in [-0.39, 0.29) is 6.04 Å². The summed E-state index contributed by atoms with van der Waals surface area (Å²) in [5, 5.41) is 0.793. The molecule has 0 saturated heterocycles. The summed E-state index contributed by atoms with van der Waals surface area (Å²) in [5.41, 5.74) is 7.62. The molecule has 2 N–H and O–H groups in total. The first-order chi connectivity index (χ1) is 8.17. The van der Waals surface area contributed by atoms with Gasteiger partial charge in [0.1, 0.15) is 0 Å². The van der Waals surface area contributed by atoms with Gasteiger partial charge in [-0.15, -0.1) is 0 Å². The highest BCUT2D eigenvalue weighted by Gasteiger charge is 2.16. The second-order valence-electron chi connectivity index (χ2n) is 4.83. The normalized spacial score (nSPS) is 13.0. The molecule has 0 aliphatic rings. The second kappa shape index (κ2) is 7.73. The summed E-state index contributed by atoms with van der Waals surface area (Å²) in [6, 6.07) is 8.32. The Morgan fingerprint density at radius 2 is 1.59 bits per heavy atom. The fraction of sp³-hybridized carbons (Fsp3) is 0.600. The SMILES string of the molecule is CCCC(CCC)C(N)Cc1ccc(Cl)cc1. The summed E-state index contributed by atoms with van der Waals surface area (Å²) in [7, 11) is 0. The predicted octanol–water partition coefficient (Wildman–Crippen LogP) is 4.43. The van der Waals surface area contributed by atoms with Crippen molar-refractivity contribution < 1.29 is 0 Å². The molecule has 1 aromatic rings. The van der Waals surface area contributed by atoms with E-state index in [0.717, 1.165) is 11.4 Å². The molecule has 0 amide bonds. The van der Waals surface area contributed by atoms with E-state index in [4.69, 9.17) is 17.3 Å². The van der Waals surface area contributed by atoms with Gasteiger partial charge in [0, 0.05) is 11.1 Å². The van der Waals surface area contributed by atoms with Crippen LogP contribution in [0.25, 0.3) is 0 Å². The van der Waals surface area contributed by atoms with Crippen molar-refractivity contribution in [2.75, 3.05) is 0 Å². The van der Waals surface area contributed by atoms with Gasteiger partial charge in [-0.3, -0.25) is 0 Å². The van der Waals surface area contributed by atoms with Gasteiger partial charge in [-0.25, -0.2) is 0 Å². The highest BCUT2D eigenvalue weighted by atomic mass is 35.5. The smallest absolute Gasteiger partial charge is 0.0406 e. The summed E-state index contributed by atoms with van der Waals surface area (Å²) >= 11 is 5.88. The van der Waals surface area contributed by atoms with Crippen LogP contribution in [0.2, 0.25) is 5.02 Å².